The van der Waals surface area contributed by atoms with E-state index >= 15 is 0 Å². The summed E-state index contributed by atoms with van der Waals surface area (Å²) in [4.78, 5) is 33.3. The quantitative estimate of drug-likeness (QED) is 0.848. The molecular formula is C17H18Cl2N4O2. The highest BCUT2D eigenvalue weighted by molar-refractivity contribution is 6.36. The van der Waals surface area contributed by atoms with Gasteiger partial charge >= 0.3 is 0 Å². The molecule has 0 spiro atoms. The molecule has 0 aliphatic carbocycles. The standard InChI is InChI=1S/C17H18Cl2N4O2/c18-13-2-1-3-14(19)11(13)6-15-21-8-12(16(24)22-15)17(25)23-5-4-10(7-20)9-23/h1-3,8,10H,4-7,9,20H2,(H,21,22,24). The molecule has 2 heterocycles. The molecule has 0 saturated carbocycles. The van der Waals surface area contributed by atoms with Crippen LogP contribution < -0.4 is 11.3 Å². The molecule has 8 heteroatoms. The van der Waals surface area contributed by atoms with Gasteiger partial charge in [0.25, 0.3) is 11.5 Å². The fraction of sp³-hybridized carbons (Fsp3) is 0.353. The average molecular weight is 381 g/mol. The molecule has 1 amide bonds. The summed E-state index contributed by atoms with van der Waals surface area (Å²) < 4.78 is 0. The normalized spacial score (nSPS) is 17.1. The Bertz CT molecular complexity index is 833. The second kappa shape index (κ2) is 7.56. The van der Waals surface area contributed by atoms with Crippen LogP contribution in [0.1, 0.15) is 28.2 Å². The molecule has 25 heavy (non-hydrogen) atoms. The molecule has 0 radical (unpaired) electrons. The van der Waals surface area contributed by atoms with Crippen molar-refractivity contribution < 1.29 is 4.79 Å². The van der Waals surface area contributed by atoms with Crippen molar-refractivity contribution in [2.45, 2.75) is 12.8 Å². The first-order chi connectivity index (χ1) is 12.0. The molecule has 6 nitrogen and oxygen atoms in total. The van der Waals surface area contributed by atoms with E-state index in [9.17, 15) is 9.59 Å². The molecule has 132 valence electrons. The van der Waals surface area contributed by atoms with Crippen molar-refractivity contribution in [1.82, 2.24) is 14.9 Å². The maximum absolute atomic E-state index is 12.5. The highest BCUT2D eigenvalue weighted by Gasteiger charge is 2.27. The molecule has 1 aliphatic rings. The van der Waals surface area contributed by atoms with Crippen LogP contribution in [0.25, 0.3) is 0 Å². The number of nitrogens with two attached hydrogens (primary N) is 1. The first-order valence-electron chi connectivity index (χ1n) is 8.00. The summed E-state index contributed by atoms with van der Waals surface area (Å²) in [7, 11) is 0. The number of likely N-dealkylation sites (tertiary alicyclic amines) is 1. The van der Waals surface area contributed by atoms with E-state index in [4.69, 9.17) is 28.9 Å². The van der Waals surface area contributed by atoms with E-state index in [0.717, 1.165) is 6.42 Å². The van der Waals surface area contributed by atoms with E-state index < -0.39 is 5.56 Å². The number of benzene rings is 1. The molecule has 0 bridgehead atoms. The van der Waals surface area contributed by atoms with Gasteiger partial charge in [0.15, 0.2) is 0 Å². The van der Waals surface area contributed by atoms with Crippen LogP contribution in [0.15, 0.2) is 29.2 Å². The summed E-state index contributed by atoms with van der Waals surface area (Å²) in [5, 5.41) is 1.00. The predicted molar refractivity (Wildman–Crippen MR) is 97.2 cm³/mol. The molecule has 1 atom stereocenters. The number of hydrogen-bond acceptors (Lipinski definition) is 4. The van der Waals surface area contributed by atoms with E-state index in [0.29, 0.717) is 41.1 Å². The first kappa shape index (κ1) is 17.9. The maximum atomic E-state index is 12.5. The second-order valence-electron chi connectivity index (χ2n) is 6.09. The van der Waals surface area contributed by atoms with E-state index in [2.05, 4.69) is 9.97 Å². The highest BCUT2D eigenvalue weighted by Crippen LogP contribution is 2.25. The number of rotatable bonds is 4. The molecule has 2 aromatic rings. The van der Waals surface area contributed by atoms with Crippen molar-refractivity contribution in [3.8, 4) is 0 Å². The fourth-order valence-electron chi connectivity index (χ4n) is 2.92. The van der Waals surface area contributed by atoms with Gasteiger partial charge in [-0.25, -0.2) is 4.98 Å². The van der Waals surface area contributed by atoms with Crippen LogP contribution in [-0.4, -0.2) is 40.4 Å². The molecule has 1 aromatic heterocycles. The molecule has 1 aliphatic heterocycles. The van der Waals surface area contributed by atoms with Gasteiger partial charge in [-0.05, 0) is 36.6 Å². The number of H-pyrrole nitrogens is 1. The van der Waals surface area contributed by atoms with Crippen molar-refractivity contribution >= 4 is 29.1 Å². The number of aromatic amines is 1. The van der Waals surface area contributed by atoms with Crippen LogP contribution in [-0.2, 0) is 6.42 Å². The van der Waals surface area contributed by atoms with Crippen molar-refractivity contribution in [2.75, 3.05) is 19.6 Å². The van der Waals surface area contributed by atoms with Gasteiger partial charge in [-0.1, -0.05) is 29.3 Å². The number of aromatic nitrogens is 2. The summed E-state index contributed by atoms with van der Waals surface area (Å²) in [6.07, 6.45) is 2.45. The van der Waals surface area contributed by atoms with Crippen LogP contribution in [0.2, 0.25) is 10.0 Å². The van der Waals surface area contributed by atoms with Crippen LogP contribution in [0.4, 0.5) is 0 Å². The van der Waals surface area contributed by atoms with Crippen molar-refractivity contribution in [3.05, 3.63) is 61.7 Å². The van der Waals surface area contributed by atoms with Gasteiger partial charge in [0.05, 0.1) is 0 Å². The number of hydrogen-bond donors (Lipinski definition) is 2. The fourth-order valence-corrected chi connectivity index (χ4v) is 3.45. The Labute approximate surface area is 155 Å². The monoisotopic (exact) mass is 380 g/mol. The number of nitrogens with one attached hydrogen (secondary N) is 1. The van der Waals surface area contributed by atoms with Crippen molar-refractivity contribution in [3.63, 3.8) is 0 Å². The molecule has 1 unspecified atom stereocenters. The number of amides is 1. The van der Waals surface area contributed by atoms with Gasteiger partial charge in [-0.15, -0.1) is 0 Å². The van der Waals surface area contributed by atoms with Crippen molar-refractivity contribution in [2.24, 2.45) is 11.7 Å². The number of carbonyl (C=O) groups excluding carboxylic acids is 1. The first-order valence-corrected chi connectivity index (χ1v) is 8.75. The number of nitrogens with zero attached hydrogens (tertiary/aromatic N) is 2. The number of carbonyl (C=O) groups is 1. The lowest BCUT2D eigenvalue weighted by Gasteiger charge is -2.15. The highest BCUT2D eigenvalue weighted by atomic mass is 35.5. The van der Waals surface area contributed by atoms with Crippen LogP contribution in [0.5, 0.6) is 0 Å². The van der Waals surface area contributed by atoms with Crippen LogP contribution >= 0.6 is 23.2 Å². The lowest BCUT2D eigenvalue weighted by Crippen LogP contribution is -2.34. The Morgan fingerprint density at radius 3 is 2.68 bits per heavy atom. The Balaban J connectivity index is 1.80. The summed E-state index contributed by atoms with van der Waals surface area (Å²) in [6.45, 7) is 1.72. The third-order valence-corrected chi connectivity index (χ3v) is 5.10. The SMILES string of the molecule is NCC1CCN(C(=O)c2cnc(Cc3c(Cl)cccc3Cl)[nH]c2=O)C1. The van der Waals surface area contributed by atoms with Crippen molar-refractivity contribution in [1.29, 1.82) is 0 Å². The lowest BCUT2D eigenvalue weighted by atomic mass is 10.1. The Hall–Kier alpha value is -1.89. The molecule has 1 saturated heterocycles. The average Bonchev–Trinajstić information content (AvgIpc) is 3.07. The molecule has 3 rings (SSSR count). The van der Waals surface area contributed by atoms with Gasteiger partial charge in [0.1, 0.15) is 11.4 Å². The van der Waals surface area contributed by atoms with Gasteiger partial charge in [0.2, 0.25) is 0 Å². The van der Waals surface area contributed by atoms with Crippen LogP contribution in [0.3, 0.4) is 0 Å². The minimum absolute atomic E-state index is 0.0340. The smallest absolute Gasteiger partial charge is 0.263 e. The minimum Gasteiger partial charge on any atom is -0.338 e. The molecule has 1 aromatic carbocycles. The van der Waals surface area contributed by atoms with E-state index in [-0.39, 0.29) is 23.8 Å². The van der Waals surface area contributed by atoms with Gasteiger partial charge in [0, 0.05) is 35.8 Å². The summed E-state index contributed by atoms with van der Waals surface area (Å²) >= 11 is 12.3. The van der Waals surface area contributed by atoms with Gasteiger partial charge in [-0.2, -0.15) is 0 Å². The summed E-state index contributed by atoms with van der Waals surface area (Å²) in [5.41, 5.74) is 5.89. The Kier molecular flexibility index (Phi) is 5.42. The molecule has 1 fully saturated rings. The summed E-state index contributed by atoms with van der Waals surface area (Å²) in [6, 6.07) is 5.19. The number of halogens is 2. The summed E-state index contributed by atoms with van der Waals surface area (Å²) in [5.74, 6) is 0.377. The zero-order valence-corrected chi connectivity index (χ0v) is 15.0. The largest absolute Gasteiger partial charge is 0.338 e. The van der Waals surface area contributed by atoms with E-state index in [1.54, 1.807) is 23.1 Å². The third-order valence-electron chi connectivity index (χ3n) is 4.39. The van der Waals surface area contributed by atoms with Gasteiger partial charge in [-0.3, -0.25) is 9.59 Å². The minimum atomic E-state index is -0.464. The second-order valence-corrected chi connectivity index (χ2v) is 6.91. The predicted octanol–water partition coefficient (Wildman–Crippen LogP) is 2.09. The van der Waals surface area contributed by atoms with E-state index in [1.165, 1.54) is 6.20 Å². The Morgan fingerprint density at radius 2 is 2.08 bits per heavy atom. The topological polar surface area (TPSA) is 92.1 Å². The van der Waals surface area contributed by atoms with E-state index in [1.807, 2.05) is 0 Å². The Morgan fingerprint density at radius 1 is 1.36 bits per heavy atom. The third kappa shape index (κ3) is 3.86. The molecule has 3 N–H and O–H groups in total. The van der Waals surface area contributed by atoms with Gasteiger partial charge < -0.3 is 15.6 Å². The zero-order chi connectivity index (χ0) is 18.0. The maximum Gasteiger partial charge on any atom is 0.263 e. The lowest BCUT2D eigenvalue weighted by molar-refractivity contribution is 0.0785. The molecular weight excluding hydrogens is 363 g/mol. The van der Waals surface area contributed by atoms with Crippen LogP contribution in [0, 0.1) is 5.92 Å². The zero-order valence-electron chi connectivity index (χ0n) is 13.5.